The summed E-state index contributed by atoms with van der Waals surface area (Å²) in [5.41, 5.74) is 19.8. The fourth-order valence-corrected chi connectivity index (χ4v) is 12.3. The van der Waals surface area contributed by atoms with Crippen molar-refractivity contribution in [3.63, 3.8) is 0 Å². The smallest absolute Gasteiger partial charge is 0.0714 e. The van der Waals surface area contributed by atoms with Gasteiger partial charge in [-0.15, -0.1) is 0 Å². The maximum absolute atomic E-state index is 2.57. The van der Waals surface area contributed by atoms with Crippen LogP contribution < -0.4 is 4.90 Å². The van der Waals surface area contributed by atoms with Gasteiger partial charge in [0.25, 0.3) is 0 Å². The van der Waals surface area contributed by atoms with Gasteiger partial charge in [-0.2, -0.15) is 0 Å². The van der Waals surface area contributed by atoms with Crippen LogP contribution in [0, 0.1) is 0 Å². The third kappa shape index (κ3) is 6.93. The van der Waals surface area contributed by atoms with Gasteiger partial charge in [0.15, 0.2) is 0 Å². The molecular formula is C73H49N. The molecule has 0 aromatic heterocycles. The summed E-state index contributed by atoms with van der Waals surface area (Å²) in [5, 5.41) is 7.26. The Morgan fingerprint density at radius 1 is 0.243 bits per heavy atom. The zero-order valence-corrected chi connectivity index (χ0v) is 40.7. The van der Waals surface area contributed by atoms with Crippen molar-refractivity contribution in [2.24, 2.45) is 0 Å². The van der Waals surface area contributed by atoms with Crippen LogP contribution in [-0.4, -0.2) is 0 Å². The summed E-state index contributed by atoms with van der Waals surface area (Å²) in [6, 6.07) is 110. The molecule has 14 rings (SSSR count). The van der Waals surface area contributed by atoms with Crippen molar-refractivity contribution in [2.75, 3.05) is 4.90 Å². The molecule has 1 aliphatic rings. The van der Waals surface area contributed by atoms with E-state index in [1.807, 2.05) is 0 Å². The predicted octanol–water partition coefficient (Wildman–Crippen LogP) is 19.6. The first-order chi connectivity index (χ1) is 36.7. The first-order valence-corrected chi connectivity index (χ1v) is 25.7. The Balaban J connectivity index is 1.08. The highest BCUT2D eigenvalue weighted by Crippen LogP contribution is 2.58. The molecule has 1 nitrogen and oxygen atoms in total. The average Bonchev–Trinajstić information content (AvgIpc) is 3.88. The molecule has 0 N–H and O–H groups in total. The van der Waals surface area contributed by atoms with Gasteiger partial charge in [0.05, 0.1) is 11.1 Å². The molecule has 0 atom stereocenters. The van der Waals surface area contributed by atoms with Crippen molar-refractivity contribution in [3.8, 4) is 55.6 Å². The molecule has 0 saturated heterocycles. The molecule has 0 amide bonds. The fraction of sp³-hybridized carbons (Fsp3) is 0.0137. The Kier molecular flexibility index (Phi) is 10.5. The minimum atomic E-state index is -0.582. The molecule has 13 aromatic carbocycles. The summed E-state index contributed by atoms with van der Waals surface area (Å²) in [5.74, 6) is 0. The van der Waals surface area contributed by atoms with Crippen molar-refractivity contribution in [3.05, 3.63) is 320 Å². The van der Waals surface area contributed by atoms with Gasteiger partial charge in [0.1, 0.15) is 0 Å². The normalized spacial score (nSPS) is 12.4. The molecule has 346 valence electrons. The van der Waals surface area contributed by atoms with E-state index in [0.717, 1.165) is 22.6 Å². The largest absolute Gasteiger partial charge is 0.309 e. The van der Waals surface area contributed by atoms with Gasteiger partial charge in [0.2, 0.25) is 0 Å². The van der Waals surface area contributed by atoms with Crippen molar-refractivity contribution in [1.29, 1.82) is 0 Å². The van der Waals surface area contributed by atoms with Crippen LogP contribution in [0.2, 0.25) is 0 Å². The Bertz CT molecular complexity index is 4170. The van der Waals surface area contributed by atoms with Crippen LogP contribution in [0.3, 0.4) is 0 Å². The lowest BCUT2D eigenvalue weighted by molar-refractivity contribution is 0.768. The Labute approximate surface area is 432 Å². The molecule has 0 spiro atoms. The van der Waals surface area contributed by atoms with Gasteiger partial charge in [-0.05, 0) is 130 Å². The second kappa shape index (κ2) is 17.9. The minimum Gasteiger partial charge on any atom is -0.309 e. The molecule has 0 radical (unpaired) electrons. The van der Waals surface area contributed by atoms with Gasteiger partial charge in [-0.3, -0.25) is 0 Å². The molecule has 0 unspecified atom stereocenters. The summed E-state index contributed by atoms with van der Waals surface area (Å²) in [4.78, 5) is 2.57. The predicted molar refractivity (Wildman–Crippen MR) is 313 cm³/mol. The van der Waals surface area contributed by atoms with Gasteiger partial charge in [-0.1, -0.05) is 267 Å². The van der Waals surface area contributed by atoms with E-state index in [4.69, 9.17) is 0 Å². The molecule has 74 heavy (non-hydrogen) atoms. The van der Waals surface area contributed by atoms with E-state index < -0.39 is 5.41 Å². The van der Waals surface area contributed by atoms with Gasteiger partial charge in [-0.25, -0.2) is 0 Å². The zero-order chi connectivity index (χ0) is 49.0. The summed E-state index contributed by atoms with van der Waals surface area (Å²) in [7, 11) is 0. The topological polar surface area (TPSA) is 3.24 Å². The molecule has 13 aromatic rings. The highest BCUT2D eigenvalue weighted by atomic mass is 15.1. The maximum atomic E-state index is 2.57. The van der Waals surface area contributed by atoms with Crippen molar-refractivity contribution < 1.29 is 0 Å². The van der Waals surface area contributed by atoms with Crippen molar-refractivity contribution in [2.45, 2.75) is 5.41 Å². The van der Waals surface area contributed by atoms with Gasteiger partial charge in [0, 0.05) is 22.3 Å². The number of benzene rings is 13. The number of fused-ring (bicyclic) bond motifs is 7. The van der Waals surface area contributed by atoms with Crippen LogP contribution in [-0.2, 0) is 5.41 Å². The van der Waals surface area contributed by atoms with E-state index in [9.17, 15) is 0 Å². The monoisotopic (exact) mass is 939 g/mol. The van der Waals surface area contributed by atoms with Crippen LogP contribution in [0.4, 0.5) is 17.1 Å². The van der Waals surface area contributed by atoms with Crippen LogP contribution in [0.1, 0.15) is 22.3 Å². The second-order valence-corrected chi connectivity index (χ2v) is 19.5. The number of anilines is 3. The lowest BCUT2D eigenvalue weighted by atomic mass is 9.67. The Morgan fingerprint density at radius 3 is 1.42 bits per heavy atom. The van der Waals surface area contributed by atoms with Crippen molar-refractivity contribution in [1.82, 2.24) is 0 Å². The van der Waals surface area contributed by atoms with Crippen LogP contribution >= 0.6 is 0 Å². The highest BCUT2D eigenvalue weighted by molar-refractivity contribution is 6.24. The summed E-state index contributed by atoms with van der Waals surface area (Å²) < 4.78 is 0. The zero-order valence-electron chi connectivity index (χ0n) is 40.7. The standard InChI is InChI=1S/C73H49N/c1-5-22-50(23-6-1)54-42-46-60(51-24-7-2-8-25-51)68(48-54)53-40-43-57(44-41-53)74(72-67-37-18-16-34-62(67)61-33-15-17-36-66(61)71(72)65-38-21-27-52-26-13-14-32-59(52)65)58-45-47-64-63-35-19-20-39-69(63)73(70(64)49-58,55-28-9-3-10-29-55)56-30-11-4-12-31-56/h1-49H. The third-order valence-corrected chi connectivity index (χ3v) is 15.5. The van der Waals surface area contributed by atoms with E-state index in [1.54, 1.807) is 0 Å². The molecule has 0 aliphatic heterocycles. The fourth-order valence-electron chi connectivity index (χ4n) is 12.3. The SMILES string of the molecule is c1ccc(-c2ccc(-c3ccccc3)c(-c3ccc(N(c4ccc5c(c4)C(c4ccccc4)(c4ccccc4)c4ccccc4-5)c4c(-c5cccc6ccccc56)c5ccccc5c5ccccc45)cc3)c2)cc1. The molecular weight excluding hydrogens is 891 g/mol. The number of hydrogen-bond donors (Lipinski definition) is 0. The lowest BCUT2D eigenvalue weighted by Gasteiger charge is -2.35. The van der Waals surface area contributed by atoms with Gasteiger partial charge >= 0.3 is 0 Å². The van der Waals surface area contributed by atoms with E-state index >= 15 is 0 Å². The Hall–Kier alpha value is -9.56. The third-order valence-electron chi connectivity index (χ3n) is 15.5. The minimum absolute atomic E-state index is 0.582. The lowest BCUT2D eigenvalue weighted by Crippen LogP contribution is -2.28. The maximum Gasteiger partial charge on any atom is 0.0714 e. The molecule has 1 aliphatic carbocycles. The average molecular weight is 940 g/mol. The molecule has 0 bridgehead atoms. The molecule has 1 heteroatoms. The number of hydrogen-bond acceptors (Lipinski definition) is 1. The number of rotatable bonds is 9. The quantitative estimate of drug-likeness (QED) is 0.130. The highest BCUT2D eigenvalue weighted by Gasteiger charge is 2.46. The summed E-state index contributed by atoms with van der Waals surface area (Å²) >= 11 is 0. The first kappa shape index (κ1) is 43.2. The Morgan fingerprint density at radius 2 is 0.716 bits per heavy atom. The first-order valence-electron chi connectivity index (χ1n) is 25.7. The summed E-state index contributed by atoms with van der Waals surface area (Å²) in [6.07, 6.45) is 0. The molecule has 0 fully saturated rings. The van der Waals surface area contributed by atoms with Crippen molar-refractivity contribution >= 4 is 49.4 Å². The van der Waals surface area contributed by atoms with Crippen LogP contribution in [0.15, 0.2) is 297 Å². The van der Waals surface area contributed by atoms with E-state index in [1.165, 1.54) is 105 Å². The van der Waals surface area contributed by atoms with E-state index in [0.29, 0.717) is 0 Å². The molecule has 0 heterocycles. The second-order valence-electron chi connectivity index (χ2n) is 19.5. The molecule has 0 saturated carbocycles. The van der Waals surface area contributed by atoms with E-state index in [2.05, 4.69) is 302 Å². The van der Waals surface area contributed by atoms with Gasteiger partial charge < -0.3 is 4.90 Å². The summed E-state index contributed by atoms with van der Waals surface area (Å²) in [6.45, 7) is 0. The number of nitrogens with zero attached hydrogens (tertiary/aromatic N) is 1. The van der Waals surface area contributed by atoms with E-state index in [-0.39, 0.29) is 0 Å². The van der Waals surface area contributed by atoms with Crippen LogP contribution in [0.25, 0.3) is 88.0 Å². The van der Waals surface area contributed by atoms with Crippen LogP contribution in [0.5, 0.6) is 0 Å².